The molecule has 1 aliphatic carbocycles. The number of hydrogen-bond acceptors (Lipinski definition) is 1. The average Bonchev–Trinajstić information content (AvgIpc) is 2.50. The van der Waals surface area contributed by atoms with Gasteiger partial charge in [-0.3, -0.25) is 0 Å². The summed E-state index contributed by atoms with van der Waals surface area (Å²) in [6, 6.07) is 0. The minimum atomic E-state index is 0.342. The largest absolute Gasteiger partial charge is 0.396 e. The molecule has 1 aliphatic rings. The van der Waals surface area contributed by atoms with Gasteiger partial charge in [0.05, 0.1) is 0 Å². The number of hydrogen-bond donors (Lipinski definition) is 1. The van der Waals surface area contributed by atoms with Gasteiger partial charge in [0.15, 0.2) is 0 Å². The Balaban J connectivity index is 1.99. The van der Waals surface area contributed by atoms with Gasteiger partial charge in [-0.1, -0.05) is 30.2 Å². The Bertz CT molecular complexity index is 156. The molecule has 0 bridgehead atoms. The SMILES string of the molecule is OCCCCCC1=CCC=C1. The average molecular weight is 152 g/mol. The van der Waals surface area contributed by atoms with E-state index in [2.05, 4.69) is 18.2 Å². The first kappa shape index (κ1) is 8.54. The Hall–Kier alpha value is -0.560. The summed E-state index contributed by atoms with van der Waals surface area (Å²) in [7, 11) is 0. The van der Waals surface area contributed by atoms with Crippen LogP contribution in [0.4, 0.5) is 0 Å². The van der Waals surface area contributed by atoms with Gasteiger partial charge in [0.1, 0.15) is 0 Å². The van der Waals surface area contributed by atoms with E-state index in [-0.39, 0.29) is 0 Å². The van der Waals surface area contributed by atoms with Gasteiger partial charge in [0, 0.05) is 6.61 Å². The molecule has 0 aromatic rings. The van der Waals surface area contributed by atoms with E-state index in [1.807, 2.05) is 0 Å². The van der Waals surface area contributed by atoms with Gasteiger partial charge in [-0.15, -0.1) is 0 Å². The maximum atomic E-state index is 8.53. The van der Waals surface area contributed by atoms with Crippen LogP contribution < -0.4 is 0 Å². The van der Waals surface area contributed by atoms with Crippen LogP contribution >= 0.6 is 0 Å². The van der Waals surface area contributed by atoms with Gasteiger partial charge >= 0.3 is 0 Å². The molecule has 0 heterocycles. The van der Waals surface area contributed by atoms with Gasteiger partial charge in [0.25, 0.3) is 0 Å². The first-order chi connectivity index (χ1) is 5.43. The van der Waals surface area contributed by atoms with Crippen molar-refractivity contribution in [1.82, 2.24) is 0 Å². The molecule has 1 heteroatoms. The predicted molar refractivity (Wildman–Crippen MR) is 47.4 cm³/mol. The number of aliphatic hydroxyl groups is 1. The number of unbranched alkanes of at least 4 members (excludes halogenated alkanes) is 2. The fourth-order valence-corrected chi connectivity index (χ4v) is 1.31. The van der Waals surface area contributed by atoms with Gasteiger partial charge in [-0.2, -0.15) is 0 Å². The Labute approximate surface area is 68.4 Å². The van der Waals surface area contributed by atoms with Gasteiger partial charge in [-0.25, -0.2) is 0 Å². The van der Waals surface area contributed by atoms with Crippen LogP contribution in [-0.4, -0.2) is 11.7 Å². The fraction of sp³-hybridized carbons (Fsp3) is 0.600. The third-order valence-corrected chi connectivity index (χ3v) is 1.97. The zero-order valence-electron chi connectivity index (χ0n) is 6.92. The molecule has 0 saturated carbocycles. The molecule has 0 atom stereocenters. The molecule has 1 nitrogen and oxygen atoms in total. The first-order valence-electron chi connectivity index (χ1n) is 4.40. The summed E-state index contributed by atoms with van der Waals surface area (Å²) in [5, 5.41) is 8.53. The standard InChI is InChI=1S/C10H16O/c11-9-5-1-2-6-10-7-3-4-8-10/h3,7-8,11H,1-2,4-6,9H2. The van der Waals surface area contributed by atoms with E-state index in [9.17, 15) is 0 Å². The molecular formula is C10H16O. The second-order valence-electron chi connectivity index (χ2n) is 2.95. The summed E-state index contributed by atoms with van der Waals surface area (Å²) in [4.78, 5) is 0. The quantitative estimate of drug-likeness (QED) is 0.600. The van der Waals surface area contributed by atoms with Crippen molar-refractivity contribution in [2.45, 2.75) is 32.1 Å². The lowest BCUT2D eigenvalue weighted by Crippen LogP contribution is -1.83. The van der Waals surface area contributed by atoms with Crippen molar-refractivity contribution in [3.05, 3.63) is 23.8 Å². The third-order valence-electron chi connectivity index (χ3n) is 1.97. The predicted octanol–water partition coefficient (Wildman–Crippen LogP) is 2.43. The monoisotopic (exact) mass is 152 g/mol. The van der Waals surface area contributed by atoms with Crippen LogP contribution in [-0.2, 0) is 0 Å². The van der Waals surface area contributed by atoms with Crippen LogP contribution in [0.2, 0.25) is 0 Å². The minimum Gasteiger partial charge on any atom is -0.396 e. The minimum absolute atomic E-state index is 0.342. The van der Waals surface area contributed by atoms with Gasteiger partial charge in [0.2, 0.25) is 0 Å². The van der Waals surface area contributed by atoms with Crippen LogP contribution in [0, 0.1) is 0 Å². The highest BCUT2D eigenvalue weighted by Gasteiger charge is 1.96. The third kappa shape index (κ3) is 3.38. The first-order valence-corrected chi connectivity index (χ1v) is 4.40. The smallest absolute Gasteiger partial charge is 0.0431 e. The molecular weight excluding hydrogens is 136 g/mol. The zero-order chi connectivity index (χ0) is 7.94. The van der Waals surface area contributed by atoms with E-state index < -0.39 is 0 Å². The van der Waals surface area contributed by atoms with Crippen LogP contribution in [0.15, 0.2) is 23.8 Å². The number of allylic oxidation sites excluding steroid dienone is 4. The lowest BCUT2D eigenvalue weighted by Gasteiger charge is -1.98. The summed E-state index contributed by atoms with van der Waals surface area (Å²) < 4.78 is 0. The van der Waals surface area contributed by atoms with E-state index in [0.717, 1.165) is 19.3 Å². The van der Waals surface area contributed by atoms with E-state index in [1.54, 1.807) is 0 Å². The zero-order valence-corrected chi connectivity index (χ0v) is 6.92. The summed E-state index contributed by atoms with van der Waals surface area (Å²) >= 11 is 0. The van der Waals surface area contributed by atoms with Crippen LogP contribution in [0.1, 0.15) is 32.1 Å². The van der Waals surface area contributed by atoms with Crippen molar-refractivity contribution in [2.24, 2.45) is 0 Å². The molecule has 0 radical (unpaired) electrons. The Morgan fingerprint density at radius 1 is 1.27 bits per heavy atom. The number of rotatable bonds is 5. The second kappa shape index (κ2) is 5.14. The molecule has 62 valence electrons. The molecule has 0 aliphatic heterocycles. The Morgan fingerprint density at radius 3 is 2.82 bits per heavy atom. The molecule has 1 rings (SSSR count). The maximum Gasteiger partial charge on any atom is 0.0431 e. The number of aliphatic hydroxyl groups excluding tert-OH is 1. The highest BCUT2D eigenvalue weighted by molar-refractivity contribution is 5.25. The van der Waals surface area contributed by atoms with Crippen molar-refractivity contribution in [2.75, 3.05) is 6.61 Å². The van der Waals surface area contributed by atoms with Crippen molar-refractivity contribution < 1.29 is 5.11 Å². The summed E-state index contributed by atoms with van der Waals surface area (Å²) in [6.45, 7) is 0.342. The molecule has 0 aromatic carbocycles. The van der Waals surface area contributed by atoms with E-state index in [0.29, 0.717) is 6.61 Å². The normalized spacial score (nSPS) is 15.5. The van der Waals surface area contributed by atoms with Crippen molar-refractivity contribution in [3.63, 3.8) is 0 Å². The molecule has 0 saturated heterocycles. The van der Waals surface area contributed by atoms with E-state index in [4.69, 9.17) is 5.11 Å². The molecule has 0 aromatic heterocycles. The lowest BCUT2D eigenvalue weighted by atomic mass is 10.1. The maximum absolute atomic E-state index is 8.53. The molecule has 0 spiro atoms. The highest BCUT2D eigenvalue weighted by Crippen LogP contribution is 2.15. The van der Waals surface area contributed by atoms with Crippen LogP contribution in [0.5, 0.6) is 0 Å². The van der Waals surface area contributed by atoms with Crippen molar-refractivity contribution >= 4 is 0 Å². The lowest BCUT2D eigenvalue weighted by molar-refractivity contribution is 0.283. The van der Waals surface area contributed by atoms with E-state index in [1.165, 1.54) is 18.4 Å². The summed E-state index contributed by atoms with van der Waals surface area (Å²) in [5.74, 6) is 0. The summed E-state index contributed by atoms with van der Waals surface area (Å²) in [5.41, 5.74) is 1.47. The molecule has 1 N–H and O–H groups in total. The van der Waals surface area contributed by atoms with Crippen LogP contribution in [0.3, 0.4) is 0 Å². The molecule has 0 fully saturated rings. The van der Waals surface area contributed by atoms with E-state index >= 15 is 0 Å². The Kier molecular flexibility index (Phi) is 3.99. The molecule has 11 heavy (non-hydrogen) atoms. The Morgan fingerprint density at radius 2 is 2.18 bits per heavy atom. The fourth-order valence-electron chi connectivity index (χ4n) is 1.31. The highest BCUT2D eigenvalue weighted by atomic mass is 16.2. The molecule has 0 unspecified atom stereocenters. The topological polar surface area (TPSA) is 20.2 Å². The second-order valence-corrected chi connectivity index (χ2v) is 2.95. The van der Waals surface area contributed by atoms with Crippen LogP contribution in [0.25, 0.3) is 0 Å². The summed E-state index contributed by atoms with van der Waals surface area (Å²) in [6.07, 6.45) is 12.3. The van der Waals surface area contributed by atoms with Gasteiger partial charge < -0.3 is 5.11 Å². The van der Waals surface area contributed by atoms with Crippen molar-refractivity contribution in [1.29, 1.82) is 0 Å². The van der Waals surface area contributed by atoms with Crippen molar-refractivity contribution in [3.8, 4) is 0 Å². The molecule has 0 amide bonds. The van der Waals surface area contributed by atoms with Gasteiger partial charge in [-0.05, 0) is 25.7 Å².